The smallest absolute Gasteiger partial charge is 0.389 e. The predicted octanol–water partition coefficient (Wildman–Crippen LogP) is 2.93. The third-order valence-electron chi connectivity index (χ3n) is 3.31. The number of amides is 2. The quantitative estimate of drug-likeness (QED) is 0.651. The molecule has 1 unspecified atom stereocenters. The number of nitrogens with one attached hydrogen (secondary N) is 2. The van der Waals surface area contributed by atoms with Gasteiger partial charge in [0.2, 0.25) is 0 Å². The van der Waals surface area contributed by atoms with Crippen LogP contribution in [0.5, 0.6) is 0 Å². The highest BCUT2D eigenvalue weighted by Gasteiger charge is 2.31. The standard InChI is InChI=1S/C17H26F3N3O3/c1-11(2)9-26-10-13(24)8-21-16(25)22-14-7-12(17(18,19)20)5-6-15(14)23(3)4/h5-7,11,13,24H,8-10H2,1-4H3,(H2,21,22,25). The van der Waals surface area contributed by atoms with Gasteiger partial charge >= 0.3 is 12.2 Å². The summed E-state index contributed by atoms with van der Waals surface area (Å²) in [5, 5.41) is 14.6. The van der Waals surface area contributed by atoms with Crippen LogP contribution in [0, 0.1) is 5.92 Å². The van der Waals surface area contributed by atoms with Crippen molar-refractivity contribution < 1.29 is 27.8 Å². The Bertz CT molecular complexity index is 592. The number of urea groups is 1. The summed E-state index contributed by atoms with van der Waals surface area (Å²) in [6.07, 6.45) is -5.42. The molecule has 0 radical (unpaired) electrons. The number of alkyl halides is 3. The van der Waals surface area contributed by atoms with Crippen LogP contribution in [0.3, 0.4) is 0 Å². The van der Waals surface area contributed by atoms with Gasteiger partial charge in [-0.05, 0) is 24.1 Å². The summed E-state index contributed by atoms with van der Waals surface area (Å²) in [5.41, 5.74) is -0.414. The molecule has 3 N–H and O–H groups in total. The summed E-state index contributed by atoms with van der Waals surface area (Å²) in [6, 6.07) is 2.40. The lowest BCUT2D eigenvalue weighted by molar-refractivity contribution is -0.137. The molecule has 0 fully saturated rings. The molecule has 0 spiro atoms. The molecule has 2 amide bonds. The molecule has 1 aromatic rings. The van der Waals surface area contributed by atoms with E-state index in [1.807, 2.05) is 13.8 Å². The molecule has 0 aromatic heterocycles. The zero-order chi connectivity index (χ0) is 19.9. The van der Waals surface area contributed by atoms with Gasteiger partial charge in [-0.15, -0.1) is 0 Å². The number of benzene rings is 1. The van der Waals surface area contributed by atoms with Crippen molar-refractivity contribution in [3.05, 3.63) is 23.8 Å². The first-order chi connectivity index (χ1) is 12.0. The van der Waals surface area contributed by atoms with E-state index in [0.717, 1.165) is 12.1 Å². The van der Waals surface area contributed by atoms with E-state index in [-0.39, 0.29) is 18.8 Å². The van der Waals surface area contributed by atoms with E-state index in [2.05, 4.69) is 10.6 Å². The van der Waals surface area contributed by atoms with Gasteiger partial charge in [-0.1, -0.05) is 13.8 Å². The van der Waals surface area contributed by atoms with E-state index in [4.69, 9.17) is 4.74 Å². The Morgan fingerprint density at radius 3 is 2.46 bits per heavy atom. The molecule has 26 heavy (non-hydrogen) atoms. The first-order valence-electron chi connectivity index (χ1n) is 8.20. The molecule has 0 saturated heterocycles. The van der Waals surface area contributed by atoms with Crippen LogP contribution in [-0.4, -0.2) is 51.1 Å². The summed E-state index contributed by atoms with van der Waals surface area (Å²) < 4.78 is 43.9. The number of nitrogens with zero attached hydrogens (tertiary/aromatic N) is 1. The number of aliphatic hydroxyl groups excluding tert-OH is 1. The van der Waals surface area contributed by atoms with Gasteiger partial charge in [0.15, 0.2) is 0 Å². The number of hydrogen-bond acceptors (Lipinski definition) is 4. The van der Waals surface area contributed by atoms with Gasteiger partial charge in [-0.3, -0.25) is 0 Å². The van der Waals surface area contributed by atoms with Crippen LogP contribution in [0.1, 0.15) is 19.4 Å². The minimum absolute atomic E-state index is 0.0212. The minimum atomic E-state index is -4.51. The molecule has 0 aliphatic rings. The molecule has 9 heteroatoms. The second-order valence-corrected chi connectivity index (χ2v) is 6.54. The van der Waals surface area contributed by atoms with Crippen LogP contribution < -0.4 is 15.5 Å². The van der Waals surface area contributed by atoms with Gasteiger partial charge in [0.1, 0.15) is 0 Å². The highest BCUT2D eigenvalue weighted by atomic mass is 19.4. The molecule has 0 heterocycles. The van der Waals surface area contributed by atoms with Crippen LogP contribution in [0.25, 0.3) is 0 Å². The largest absolute Gasteiger partial charge is 0.416 e. The number of hydrogen-bond donors (Lipinski definition) is 3. The maximum absolute atomic E-state index is 12.9. The summed E-state index contributed by atoms with van der Waals surface area (Å²) >= 11 is 0. The molecule has 6 nitrogen and oxygen atoms in total. The lowest BCUT2D eigenvalue weighted by Crippen LogP contribution is -2.37. The van der Waals surface area contributed by atoms with Crippen molar-refractivity contribution in [2.45, 2.75) is 26.1 Å². The Kier molecular flexibility index (Phi) is 8.16. The van der Waals surface area contributed by atoms with Gasteiger partial charge in [0, 0.05) is 27.2 Å². The normalized spacial score (nSPS) is 12.8. The zero-order valence-corrected chi connectivity index (χ0v) is 15.4. The van der Waals surface area contributed by atoms with Gasteiger partial charge in [0.05, 0.1) is 29.6 Å². The van der Waals surface area contributed by atoms with E-state index in [1.54, 1.807) is 19.0 Å². The topological polar surface area (TPSA) is 73.8 Å². The Balaban J connectivity index is 2.67. The Morgan fingerprint density at radius 2 is 1.92 bits per heavy atom. The number of rotatable bonds is 8. The molecule has 1 atom stereocenters. The van der Waals surface area contributed by atoms with Crippen molar-refractivity contribution in [3.63, 3.8) is 0 Å². The Hall–Kier alpha value is -2.00. The van der Waals surface area contributed by atoms with E-state index >= 15 is 0 Å². The highest BCUT2D eigenvalue weighted by Crippen LogP contribution is 2.34. The van der Waals surface area contributed by atoms with E-state index in [1.165, 1.54) is 6.07 Å². The van der Waals surface area contributed by atoms with Gasteiger partial charge in [-0.2, -0.15) is 13.2 Å². The second-order valence-electron chi connectivity index (χ2n) is 6.54. The summed E-state index contributed by atoms with van der Waals surface area (Å²) in [4.78, 5) is 13.5. The van der Waals surface area contributed by atoms with Crippen LogP contribution in [0.4, 0.5) is 29.3 Å². The van der Waals surface area contributed by atoms with Crippen molar-refractivity contribution in [2.24, 2.45) is 5.92 Å². The van der Waals surface area contributed by atoms with Crippen molar-refractivity contribution >= 4 is 17.4 Å². The van der Waals surface area contributed by atoms with Gasteiger partial charge in [0.25, 0.3) is 0 Å². The molecule has 0 bridgehead atoms. The van der Waals surface area contributed by atoms with Gasteiger partial charge in [-0.25, -0.2) is 4.79 Å². The maximum Gasteiger partial charge on any atom is 0.416 e. The molecule has 1 rings (SSSR count). The maximum atomic E-state index is 12.9. The van der Waals surface area contributed by atoms with Crippen molar-refractivity contribution in [3.8, 4) is 0 Å². The third kappa shape index (κ3) is 7.49. The van der Waals surface area contributed by atoms with Crippen molar-refractivity contribution in [1.29, 1.82) is 0 Å². The fraction of sp³-hybridized carbons (Fsp3) is 0.588. The lowest BCUT2D eigenvalue weighted by atomic mass is 10.1. The Morgan fingerprint density at radius 1 is 1.27 bits per heavy atom. The molecular formula is C17H26F3N3O3. The average Bonchev–Trinajstić information content (AvgIpc) is 2.51. The number of anilines is 2. The number of ether oxygens (including phenoxy) is 1. The third-order valence-corrected chi connectivity index (χ3v) is 3.31. The number of aliphatic hydroxyl groups is 1. The SMILES string of the molecule is CC(C)COCC(O)CNC(=O)Nc1cc(C(F)(F)F)ccc1N(C)C. The lowest BCUT2D eigenvalue weighted by Gasteiger charge is -2.20. The van der Waals surface area contributed by atoms with E-state index < -0.39 is 23.9 Å². The van der Waals surface area contributed by atoms with Crippen LogP contribution >= 0.6 is 0 Å². The summed E-state index contributed by atoms with van der Waals surface area (Å²) in [5.74, 6) is 0.323. The average molecular weight is 377 g/mol. The fourth-order valence-electron chi connectivity index (χ4n) is 2.08. The minimum Gasteiger partial charge on any atom is -0.389 e. The van der Waals surface area contributed by atoms with Crippen LogP contribution in [0.2, 0.25) is 0 Å². The first-order valence-corrected chi connectivity index (χ1v) is 8.20. The summed E-state index contributed by atoms with van der Waals surface area (Å²) in [6.45, 7) is 4.40. The number of halogens is 3. The van der Waals surface area contributed by atoms with Crippen LogP contribution in [-0.2, 0) is 10.9 Å². The fourth-order valence-corrected chi connectivity index (χ4v) is 2.08. The molecule has 148 valence electrons. The molecule has 0 aliphatic carbocycles. The van der Waals surface area contributed by atoms with E-state index in [0.29, 0.717) is 18.2 Å². The highest BCUT2D eigenvalue weighted by molar-refractivity contribution is 5.93. The molecule has 0 aliphatic heterocycles. The number of carbonyl (C=O) groups excluding carboxylic acids is 1. The van der Waals surface area contributed by atoms with Crippen molar-refractivity contribution in [2.75, 3.05) is 44.1 Å². The van der Waals surface area contributed by atoms with Crippen molar-refractivity contribution in [1.82, 2.24) is 5.32 Å². The monoisotopic (exact) mass is 377 g/mol. The zero-order valence-electron chi connectivity index (χ0n) is 15.4. The second kappa shape index (κ2) is 9.63. The Labute approximate surface area is 151 Å². The molecular weight excluding hydrogens is 351 g/mol. The molecule has 0 saturated carbocycles. The van der Waals surface area contributed by atoms with E-state index in [9.17, 15) is 23.1 Å². The molecule has 1 aromatic carbocycles. The summed E-state index contributed by atoms with van der Waals surface area (Å²) in [7, 11) is 3.31. The van der Waals surface area contributed by atoms with Gasteiger partial charge < -0.3 is 25.4 Å². The first kappa shape index (κ1) is 22.0. The number of carbonyl (C=O) groups is 1. The van der Waals surface area contributed by atoms with Crippen LogP contribution in [0.15, 0.2) is 18.2 Å². The predicted molar refractivity (Wildman–Crippen MR) is 94.5 cm³/mol.